The molecule has 0 bridgehead atoms. The molecule has 0 radical (unpaired) electrons. The van der Waals surface area contributed by atoms with Crippen LogP contribution in [-0.4, -0.2) is 35.2 Å². The van der Waals surface area contributed by atoms with E-state index in [9.17, 15) is 9.59 Å². The first-order valence-corrected chi connectivity index (χ1v) is 6.82. The lowest BCUT2D eigenvalue weighted by molar-refractivity contribution is -0.136. The van der Waals surface area contributed by atoms with Gasteiger partial charge in [0.25, 0.3) is 0 Å². The summed E-state index contributed by atoms with van der Waals surface area (Å²) in [7, 11) is 1.84. The van der Waals surface area contributed by atoms with Gasteiger partial charge in [0.15, 0.2) is 0 Å². The number of hydrogen-bond acceptors (Lipinski definition) is 3. The molecule has 1 aromatic rings. The summed E-state index contributed by atoms with van der Waals surface area (Å²) in [6.07, 6.45) is 6.96. The Kier molecular flexibility index (Phi) is 4.66. The van der Waals surface area contributed by atoms with Gasteiger partial charge in [0.05, 0.1) is 0 Å². The number of amides is 1. The Bertz CT molecular complexity index is 435. The van der Waals surface area contributed by atoms with Gasteiger partial charge in [-0.2, -0.15) is 0 Å². The van der Waals surface area contributed by atoms with Crippen LogP contribution in [-0.2, 0) is 16.0 Å². The van der Waals surface area contributed by atoms with E-state index in [1.807, 2.05) is 25.4 Å². The molecule has 1 fully saturated rings. The molecule has 1 aromatic heterocycles. The van der Waals surface area contributed by atoms with Crippen molar-refractivity contribution in [2.75, 3.05) is 13.6 Å². The molecule has 102 valence electrons. The molecular formula is C15H20N2O2. The average Bonchev–Trinajstić information content (AvgIpc) is 2.46. The van der Waals surface area contributed by atoms with Crippen molar-refractivity contribution in [3.05, 3.63) is 30.1 Å². The second kappa shape index (κ2) is 6.45. The lowest BCUT2D eigenvalue weighted by atomic mass is 9.87. The number of nitrogens with zero attached hydrogens (tertiary/aromatic N) is 2. The molecule has 0 spiro atoms. The topological polar surface area (TPSA) is 50.3 Å². The molecule has 1 aliphatic carbocycles. The summed E-state index contributed by atoms with van der Waals surface area (Å²) in [6.45, 7) is 0.703. The van der Waals surface area contributed by atoms with Crippen molar-refractivity contribution in [2.45, 2.75) is 32.1 Å². The summed E-state index contributed by atoms with van der Waals surface area (Å²) in [5.41, 5.74) is 1.14. The van der Waals surface area contributed by atoms with Gasteiger partial charge in [-0.3, -0.25) is 14.6 Å². The van der Waals surface area contributed by atoms with Gasteiger partial charge in [-0.1, -0.05) is 6.07 Å². The third-order valence-electron chi connectivity index (χ3n) is 3.73. The van der Waals surface area contributed by atoms with Crippen LogP contribution in [0, 0.1) is 5.92 Å². The monoisotopic (exact) mass is 260 g/mol. The smallest absolute Gasteiger partial charge is 0.225 e. The van der Waals surface area contributed by atoms with E-state index in [4.69, 9.17) is 0 Å². The number of carbonyl (C=O) groups is 2. The zero-order valence-corrected chi connectivity index (χ0v) is 11.3. The zero-order valence-electron chi connectivity index (χ0n) is 11.3. The molecule has 1 aliphatic rings. The lowest BCUT2D eigenvalue weighted by Crippen LogP contribution is -2.36. The van der Waals surface area contributed by atoms with Crippen LogP contribution >= 0.6 is 0 Å². The maximum absolute atomic E-state index is 12.2. The minimum atomic E-state index is 0.0385. The molecule has 0 aliphatic heterocycles. The van der Waals surface area contributed by atoms with Crippen molar-refractivity contribution in [3.63, 3.8) is 0 Å². The Balaban J connectivity index is 1.81. The molecule has 4 heteroatoms. The maximum Gasteiger partial charge on any atom is 0.225 e. The van der Waals surface area contributed by atoms with Crippen LogP contribution in [0.15, 0.2) is 24.5 Å². The van der Waals surface area contributed by atoms with Gasteiger partial charge >= 0.3 is 0 Å². The van der Waals surface area contributed by atoms with E-state index in [1.165, 1.54) is 0 Å². The highest BCUT2D eigenvalue weighted by atomic mass is 16.2. The summed E-state index contributed by atoms with van der Waals surface area (Å²) in [5, 5.41) is 0. The molecule has 0 unspecified atom stereocenters. The van der Waals surface area contributed by atoms with Crippen molar-refractivity contribution in [2.24, 2.45) is 5.92 Å². The highest BCUT2D eigenvalue weighted by molar-refractivity contribution is 5.84. The van der Waals surface area contributed by atoms with Gasteiger partial charge in [-0.15, -0.1) is 0 Å². The van der Waals surface area contributed by atoms with Gasteiger partial charge < -0.3 is 4.90 Å². The minimum Gasteiger partial charge on any atom is -0.345 e. The van der Waals surface area contributed by atoms with E-state index < -0.39 is 0 Å². The Hall–Kier alpha value is -1.71. The number of pyridine rings is 1. The third kappa shape index (κ3) is 3.88. The number of Topliss-reactive ketones (excluding diaryl/α,β-unsaturated/α-hetero) is 1. The Labute approximate surface area is 113 Å². The fourth-order valence-electron chi connectivity index (χ4n) is 2.45. The van der Waals surface area contributed by atoms with E-state index in [-0.39, 0.29) is 11.8 Å². The van der Waals surface area contributed by atoms with Crippen LogP contribution in [0.25, 0.3) is 0 Å². The van der Waals surface area contributed by atoms with Crippen molar-refractivity contribution in [1.29, 1.82) is 0 Å². The molecular weight excluding hydrogens is 240 g/mol. The fourth-order valence-corrected chi connectivity index (χ4v) is 2.45. The first-order chi connectivity index (χ1) is 9.16. The summed E-state index contributed by atoms with van der Waals surface area (Å²) >= 11 is 0. The second-order valence-corrected chi connectivity index (χ2v) is 5.18. The Morgan fingerprint density at radius 2 is 2.16 bits per heavy atom. The van der Waals surface area contributed by atoms with Crippen LogP contribution in [0.5, 0.6) is 0 Å². The van der Waals surface area contributed by atoms with Crippen molar-refractivity contribution < 1.29 is 9.59 Å². The summed E-state index contributed by atoms with van der Waals surface area (Å²) < 4.78 is 0. The molecule has 4 nitrogen and oxygen atoms in total. The Morgan fingerprint density at radius 3 is 2.79 bits per heavy atom. The van der Waals surface area contributed by atoms with Crippen molar-refractivity contribution >= 4 is 11.7 Å². The maximum atomic E-state index is 12.2. The van der Waals surface area contributed by atoms with E-state index in [1.54, 1.807) is 11.1 Å². The number of aromatic nitrogens is 1. The van der Waals surface area contributed by atoms with Gasteiger partial charge in [-0.25, -0.2) is 0 Å². The molecule has 1 saturated carbocycles. The predicted octanol–water partition coefficient (Wildman–Crippen LogP) is 1.84. The number of ketones is 1. The quantitative estimate of drug-likeness (QED) is 0.830. The highest BCUT2D eigenvalue weighted by Crippen LogP contribution is 2.23. The molecule has 1 amide bonds. The molecule has 0 atom stereocenters. The fraction of sp³-hybridized carbons (Fsp3) is 0.533. The van der Waals surface area contributed by atoms with E-state index in [2.05, 4.69) is 4.98 Å². The average molecular weight is 260 g/mol. The number of carbonyl (C=O) groups excluding carboxylic acids is 2. The van der Waals surface area contributed by atoms with Crippen LogP contribution in [0.4, 0.5) is 0 Å². The SMILES string of the molecule is CN(CCc1cccnc1)C(=O)C1CCC(=O)CC1. The first kappa shape index (κ1) is 13.7. The summed E-state index contributed by atoms with van der Waals surface area (Å²) in [6, 6.07) is 3.93. The van der Waals surface area contributed by atoms with Crippen molar-refractivity contribution in [3.8, 4) is 0 Å². The van der Waals surface area contributed by atoms with Gasteiger partial charge in [0.2, 0.25) is 5.91 Å². The third-order valence-corrected chi connectivity index (χ3v) is 3.73. The van der Waals surface area contributed by atoms with Crippen LogP contribution in [0.1, 0.15) is 31.2 Å². The second-order valence-electron chi connectivity index (χ2n) is 5.18. The highest BCUT2D eigenvalue weighted by Gasteiger charge is 2.26. The molecule has 2 rings (SSSR count). The van der Waals surface area contributed by atoms with Gasteiger partial charge in [0.1, 0.15) is 5.78 Å². The van der Waals surface area contributed by atoms with E-state index in [0.29, 0.717) is 25.2 Å². The van der Waals surface area contributed by atoms with Crippen molar-refractivity contribution in [1.82, 2.24) is 9.88 Å². The van der Waals surface area contributed by atoms with Crippen LogP contribution < -0.4 is 0 Å². The van der Waals surface area contributed by atoms with Crippen LogP contribution in [0.2, 0.25) is 0 Å². The number of rotatable bonds is 4. The van der Waals surface area contributed by atoms with Crippen LogP contribution in [0.3, 0.4) is 0 Å². The van der Waals surface area contributed by atoms with Gasteiger partial charge in [0, 0.05) is 44.7 Å². The lowest BCUT2D eigenvalue weighted by Gasteiger charge is -2.26. The summed E-state index contributed by atoms with van der Waals surface area (Å²) in [4.78, 5) is 29.3. The molecule has 1 heterocycles. The summed E-state index contributed by atoms with van der Waals surface area (Å²) in [5.74, 6) is 0.509. The zero-order chi connectivity index (χ0) is 13.7. The first-order valence-electron chi connectivity index (χ1n) is 6.82. The number of likely N-dealkylation sites (N-methyl/N-ethyl adjacent to an activating group) is 1. The Morgan fingerprint density at radius 1 is 1.42 bits per heavy atom. The molecule has 0 N–H and O–H groups in total. The number of hydrogen-bond donors (Lipinski definition) is 0. The van der Waals surface area contributed by atoms with Gasteiger partial charge in [-0.05, 0) is 30.9 Å². The predicted molar refractivity (Wildman–Crippen MR) is 72.5 cm³/mol. The normalized spacial score (nSPS) is 16.4. The molecule has 0 aromatic carbocycles. The van der Waals surface area contributed by atoms with E-state index in [0.717, 1.165) is 24.8 Å². The standard InChI is InChI=1S/C15H20N2O2/c1-17(10-8-12-3-2-9-16-11-12)15(19)13-4-6-14(18)7-5-13/h2-3,9,11,13H,4-8,10H2,1H3. The molecule has 0 saturated heterocycles. The van der Waals surface area contributed by atoms with E-state index >= 15 is 0 Å². The largest absolute Gasteiger partial charge is 0.345 e. The molecule has 19 heavy (non-hydrogen) atoms. The minimum absolute atomic E-state index is 0.0385.